The quantitative estimate of drug-likeness (QED) is 0.601. The van der Waals surface area contributed by atoms with Gasteiger partial charge in [-0.15, -0.1) is 0 Å². The van der Waals surface area contributed by atoms with Crippen LogP contribution in [-0.4, -0.2) is 11.9 Å². The standard InChI is InChI=1S/C15H9Cl2NO3/c1-8-18-13(15(19)20-8)7-10-3-5-14(21-10)11-4-2-9(16)6-12(11)17/h2-7H,1H3/b13-7-. The zero-order chi connectivity index (χ0) is 15.0. The van der Waals surface area contributed by atoms with Gasteiger partial charge in [0.2, 0.25) is 0 Å². The molecule has 0 radical (unpaired) electrons. The molecular weight excluding hydrogens is 313 g/mol. The number of aliphatic imine (C=N–C) groups is 1. The minimum atomic E-state index is -0.491. The number of carbonyl (C=O) groups is 1. The summed E-state index contributed by atoms with van der Waals surface area (Å²) in [4.78, 5) is 15.5. The number of benzene rings is 1. The highest BCUT2D eigenvalue weighted by atomic mass is 35.5. The zero-order valence-corrected chi connectivity index (χ0v) is 12.4. The molecule has 1 aliphatic heterocycles. The fourth-order valence-corrected chi connectivity index (χ4v) is 2.42. The molecule has 6 heteroatoms. The van der Waals surface area contributed by atoms with Gasteiger partial charge in [0.25, 0.3) is 0 Å². The van der Waals surface area contributed by atoms with Gasteiger partial charge in [-0.25, -0.2) is 9.79 Å². The van der Waals surface area contributed by atoms with Crippen LogP contribution in [0, 0.1) is 0 Å². The molecule has 0 atom stereocenters. The normalized spacial score (nSPS) is 16.2. The summed E-state index contributed by atoms with van der Waals surface area (Å²) >= 11 is 12.0. The van der Waals surface area contributed by atoms with E-state index in [0.717, 1.165) is 5.56 Å². The molecule has 0 saturated carbocycles. The monoisotopic (exact) mass is 321 g/mol. The van der Waals surface area contributed by atoms with Crippen LogP contribution < -0.4 is 0 Å². The van der Waals surface area contributed by atoms with Crippen molar-refractivity contribution in [3.63, 3.8) is 0 Å². The molecule has 2 heterocycles. The van der Waals surface area contributed by atoms with Crippen LogP contribution in [0.1, 0.15) is 12.7 Å². The number of rotatable bonds is 2. The number of hydrogen-bond acceptors (Lipinski definition) is 4. The molecule has 1 aliphatic rings. The van der Waals surface area contributed by atoms with E-state index in [2.05, 4.69) is 4.99 Å². The zero-order valence-electron chi connectivity index (χ0n) is 10.9. The molecule has 0 saturated heterocycles. The van der Waals surface area contributed by atoms with Gasteiger partial charge in [0.1, 0.15) is 11.5 Å². The van der Waals surface area contributed by atoms with Crippen molar-refractivity contribution in [3.8, 4) is 11.3 Å². The Morgan fingerprint density at radius 2 is 2.00 bits per heavy atom. The van der Waals surface area contributed by atoms with E-state index in [-0.39, 0.29) is 5.70 Å². The molecule has 0 fully saturated rings. The molecule has 4 nitrogen and oxygen atoms in total. The van der Waals surface area contributed by atoms with Gasteiger partial charge in [0.15, 0.2) is 11.6 Å². The number of esters is 1. The topological polar surface area (TPSA) is 51.8 Å². The van der Waals surface area contributed by atoms with E-state index in [4.69, 9.17) is 32.4 Å². The second kappa shape index (κ2) is 5.39. The summed E-state index contributed by atoms with van der Waals surface area (Å²) in [5, 5.41) is 1.04. The van der Waals surface area contributed by atoms with Gasteiger partial charge in [-0.1, -0.05) is 23.2 Å². The molecule has 0 N–H and O–H groups in total. The molecule has 2 aromatic rings. The molecule has 3 rings (SSSR count). The van der Waals surface area contributed by atoms with Crippen molar-refractivity contribution in [3.05, 3.63) is 51.8 Å². The van der Waals surface area contributed by atoms with Gasteiger partial charge in [-0.3, -0.25) is 0 Å². The van der Waals surface area contributed by atoms with E-state index in [1.165, 1.54) is 6.08 Å². The molecular formula is C15H9Cl2NO3. The third kappa shape index (κ3) is 2.86. The molecule has 21 heavy (non-hydrogen) atoms. The maximum absolute atomic E-state index is 11.5. The summed E-state index contributed by atoms with van der Waals surface area (Å²) in [7, 11) is 0. The molecule has 1 aromatic carbocycles. The molecule has 0 aliphatic carbocycles. The Hall–Kier alpha value is -2.04. The SMILES string of the molecule is CC1=N/C(=C\c2ccc(-c3ccc(Cl)cc3Cl)o2)C(=O)O1. The highest BCUT2D eigenvalue weighted by Crippen LogP contribution is 2.32. The van der Waals surface area contributed by atoms with Crippen molar-refractivity contribution in [1.29, 1.82) is 0 Å². The number of nitrogens with zero attached hydrogens (tertiary/aromatic N) is 1. The lowest BCUT2D eigenvalue weighted by molar-refractivity contribution is -0.130. The van der Waals surface area contributed by atoms with Gasteiger partial charge in [0, 0.05) is 23.6 Å². The third-order valence-electron chi connectivity index (χ3n) is 2.83. The second-order valence-electron chi connectivity index (χ2n) is 4.38. The van der Waals surface area contributed by atoms with Crippen LogP contribution >= 0.6 is 23.2 Å². The predicted molar refractivity (Wildman–Crippen MR) is 81.3 cm³/mol. The van der Waals surface area contributed by atoms with Crippen molar-refractivity contribution in [2.75, 3.05) is 0 Å². The second-order valence-corrected chi connectivity index (χ2v) is 5.22. The lowest BCUT2D eigenvalue weighted by Crippen LogP contribution is -1.99. The van der Waals surface area contributed by atoms with E-state index in [9.17, 15) is 4.79 Å². The number of hydrogen-bond donors (Lipinski definition) is 0. The van der Waals surface area contributed by atoms with Crippen molar-refractivity contribution in [2.24, 2.45) is 4.99 Å². The molecule has 106 valence electrons. The molecule has 0 spiro atoms. The average molecular weight is 322 g/mol. The van der Waals surface area contributed by atoms with Crippen LogP contribution in [0.3, 0.4) is 0 Å². The average Bonchev–Trinajstić information content (AvgIpc) is 2.97. The van der Waals surface area contributed by atoms with E-state index in [1.54, 1.807) is 37.3 Å². The summed E-state index contributed by atoms with van der Waals surface area (Å²) in [6, 6.07) is 8.63. The minimum absolute atomic E-state index is 0.204. The Labute approximate surface area is 130 Å². The summed E-state index contributed by atoms with van der Waals surface area (Å²) in [6.07, 6.45) is 1.52. The van der Waals surface area contributed by atoms with Gasteiger partial charge in [-0.2, -0.15) is 0 Å². The van der Waals surface area contributed by atoms with Crippen molar-refractivity contribution in [1.82, 2.24) is 0 Å². The van der Waals surface area contributed by atoms with Crippen molar-refractivity contribution < 1.29 is 13.9 Å². The minimum Gasteiger partial charge on any atom is -0.457 e. The van der Waals surface area contributed by atoms with E-state index >= 15 is 0 Å². The lowest BCUT2D eigenvalue weighted by atomic mass is 10.2. The number of ether oxygens (including phenoxy) is 1. The number of carbonyl (C=O) groups excluding carboxylic acids is 1. The van der Waals surface area contributed by atoms with Crippen LogP contribution in [0.2, 0.25) is 10.0 Å². The first-order chi connectivity index (χ1) is 10.0. The summed E-state index contributed by atoms with van der Waals surface area (Å²) in [5.74, 6) is 0.894. The largest absolute Gasteiger partial charge is 0.457 e. The third-order valence-corrected chi connectivity index (χ3v) is 3.38. The summed E-state index contributed by atoms with van der Waals surface area (Å²) in [6.45, 7) is 1.61. The Balaban J connectivity index is 1.94. The summed E-state index contributed by atoms with van der Waals surface area (Å²) < 4.78 is 10.5. The van der Waals surface area contributed by atoms with Crippen molar-refractivity contribution >= 4 is 41.1 Å². The van der Waals surface area contributed by atoms with Crippen LogP contribution in [0.15, 0.2) is 45.4 Å². The van der Waals surface area contributed by atoms with E-state index < -0.39 is 5.97 Å². The van der Waals surface area contributed by atoms with Crippen LogP contribution in [0.4, 0.5) is 0 Å². The fraction of sp³-hybridized carbons (Fsp3) is 0.0667. The Kier molecular flexibility index (Phi) is 3.57. The Morgan fingerprint density at radius 3 is 2.67 bits per heavy atom. The van der Waals surface area contributed by atoms with Crippen LogP contribution in [-0.2, 0) is 9.53 Å². The maximum Gasteiger partial charge on any atom is 0.363 e. The lowest BCUT2D eigenvalue weighted by Gasteiger charge is -2.00. The van der Waals surface area contributed by atoms with Gasteiger partial charge >= 0.3 is 5.97 Å². The van der Waals surface area contributed by atoms with Crippen LogP contribution in [0.5, 0.6) is 0 Å². The Bertz CT molecular complexity index is 790. The van der Waals surface area contributed by atoms with Gasteiger partial charge in [-0.05, 0) is 30.3 Å². The highest BCUT2D eigenvalue weighted by Gasteiger charge is 2.20. The smallest absolute Gasteiger partial charge is 0.363 e. The first kappa shape index (κ1) is 13.9. The van der Waals surface area contributed by atoms with Crippen molar-refractivity contribution in [2.45, 2.75) is 6.92 Å². The molecule has 0 amide bonds. The Morgan fingerprint density at radius 1 is 1.19 bits per heavy atom. The van der Waals surface area contributed by atoms with Gasteiger partial charge < -0.3 is 9.15 Å². The molecule has 0 bridgehead atoms. The highest BCUT2D eigenvalue weighted by molar-refractivity contribution is 6.36. The number of furan rings is 1. The first-order valence-electron chi connectivity index (χ1n) is 6.07. The predicted octanol–water partition coefficient (Wildman–Crippen LogP) is 4.57. The van der Waals surface area contributed by atoms with E-state index in [1.807, 2.05) is 0 Å². The maximum atomic E-state index is 11.5. The number of halogens is 2. The number of cyclic esters (lactones) is 1. The van der Waals surface area contributed by atoms with Crippen LogP contribution in [0.25, 0.3) is 17.4 Å². The molecule has 1 aromatic heterocycles. The van der Waals surface area contributed by atoms with E-state index in [0.29, 0.717) is 27.5 Å². The van der Waals surface area contributed by atoms with Gasteiger partial charge in [0.05, 0.1) is 5.02 Å². The fourth-order valence-electron chi connectivity index (χ4n) is 1.91. The summed E-state index contributed by atoms with van der Waals surface area (Å²) in [5.41, 5.74) is 0.926. The first-order valence-corrected chi connectivity index (χ1v) is 6.83. The molecule has 0 unspecified atom stereocenters.